The fraction of sp³-hybridized carbons (Fsp3) is 0.583. The molecular formula is C12H18N2O3. The summed E-state index contributed by atoms with van der Waals surface area (Å²) in [4.78, 5) is 19.4. The maximum atomic E-state index is 11.5. The number of esters is 1. The van der Waals surface area contributed by atoms with E-state index in [4.69, 9.17) is 9.47 Å². The Balaban J connectivity index is 2.33. The van der Waals surface area contributed by atoms with Crippen LogP contribution in [0.15, 0.2) is 12.4 Å². The van der Waals surface area contributed by atoms with Gasteiger partial charge in [-0.3, -0.25) is 4.98 Å². The number of nitrogens with zero attached hydrogens (tertiary/aromatic N) is 2. The van der Waals surface area contributed by atoms with E-state index >= 15 is 0 Å². The predicted octanol–water partition coefficient (Wildman–Crippen LogP) is 1.76. The molecule has 0 aliphatic heterocycles. The summed E-state index contributed by atoms with van der Waals surface area (Å²) in [6.07, 6.45) is 2.94. The number of carbonyl (C=O) groups is 1. The van der Waals surface area contributed by atoms with Crippen LogP contribution in [0.4, 0.5) is 0 Å². The highest BCUT2D eigenvalue weighted by molar-refractivity contribution is 5.86. The normalized spacial score (nSPS) is 11.3. The highest BCUT2D eigenvalue weighted by Gasteiger charge is 2.12. The number of hydrogen-bond donors (Lipinski definition) is 0. The Hall–Kier alpha value is -1.49. The molecule has 0 radical (unpaired) electrons. The number of rotatable bonds is 4. The van der Waals surface area contributed by atoms with E-state index in [9.17, 15) is 4.79 Å². The summed E-state index contributed by atoms with van der Waals surface area (Å²) < 4.78 is 10.4. The van der Waals surface area contributed by atoms with E-state index in [1.54, 1.807) is 6.92 Å². The molecule has 0 aromatic carbocycles. The monoisotopic (exact) mass is 238 g/mol. The second-order valence-corrected chi connectivity index (χ2v) is 4.64. The SMILES string of the molecule is Cc1cnc(C(=O)OCCOC(C)(C)C)cn1. The van der Waals surface area contributed by atoms with Crippen molar-refractivity contribution >= 4 is 5.97 Å². The minimum absolute atomic E-state index is 0.214. The van der Waals surface area contributed by atoms with Crippen molar-refractivity contribution in [2.75, 3.05) is 13.2 Å². The largest absolute Gasteiger partial charge is 0.458 e. The first-order chi connectivity index (χ1) is 7.88. The van der Waals surface area contributed by atoms with Crippen molar-refractivity contribution in [1.29, 1.82) is 0 Å². The molecule has 0 spiro atoms. The first-order valence-corrected chi connectivity index (χ1v) is 5.48. The van der Waals surface area contributed by atoms with Gasteiger partial charge in [-0.15, -0.1) is 0 Å². The number of carbonyl (C=O) groups excluding carboxylic acids is 1. The lowest BCUT2D eigenvalue weighted by atomic mass is 10.2. The average Bonchev–Trinajstić information content (AvgIpc) is 2.24. The van der Waals surface area contributed by atoms with Crippen LogP contribution in [0.5, 0.6) is 0 Å². The van der Waals surface area contributed by atoms with Gasteiger partial charge in [0.15, 0.2) is 5.69 Å². The van der Waals surface area contributed by atoms with Gasteiger partial charge >= 0.3 is 5.97 Å². The van der Waals surface area contributed by atoms with Gasteiger partial charge in [-0.2, -0.15) is 0 Å². The zero-order chi connectivity index (χ0) is 12.9. The number of aromatic nitrogens is 2. The van der Waals surface area contributed by atoms with E-state index in [2.05, 4.69) is 9.97 Å². The summed E-state index contributed by atoms with van der Waals surface area (Å²) >= 11 is 0. The van der Waals surface area contributed by atoms with Crippen molar-refractivity contribution in [2.24, 2.45) is 0 Å². The van der Waals surface area contributed by atoms with Gasteiger partial charge in [0.05, 0.1) is 24.1 Å². The van der Waals surface area contributed by atoms with Crippen LogP contribution < -0.4 is 0 Å². The van der Waals surface area contributed by atoms with Crippen LogP contribution in [0.3, 0.4) is 0 Å². The lowest BCUT2D eigenvalue weighted by Gasteiger charge is -2.19. The molecule has 1 heterocycles. The van der Waals surface area contributed by atoms with Crippen molar-refractivity contribution in [3.05, 3.63) is 23.8 Å². The zero-order valence-electron chi connectivity index (χ0n) is 10.7. The quantitative estimate of drug-likeness (QED) is 0.591. The molecule has 0 amide bonds. The predicted molar refractivity (Wildman–Crippen MR) is 62.8 cm³/mol. The second-order valence-electron chi connectivity index (χ2n) is 4.64. The van der Waals surface area contributed by atoms with Gasteiger partial charge in [0.1, 0.15) is 6.61 Å². The highest BCUT2D eigenvalue weighted by Crippen LogP contribution is 2.06. The number of ether oxygens (including phenoxy) is 2. The lowest BCUT2D eigenvalue weighted by molar-refractivity contribution is -0.0283. The Morgan fingerprint density at radius 3 is 2.47 bits per heavy atom. The first-order valence-electron chi connectivity index (χ1n) is 5.48. The number of hydrogen-bond acceptors (Lipinski definition) is 5. The van der Waals surface area contributed by atoms with Crippen molar-refractivity contribution in [3.8, 4) is 0 Å². The Bertz CT molecular complexity index is 368. The fourth-order valence-electron chi connectivity index (χ4n) is 1.05. The standard InChI is InChI=1S/C12H18N2O3/c1-9-7-14-10(8-13-9)11(15)16-5-6-17-12(2,3)4/h7-8H,5-6H2,1-4H3. The third kappa shape index (κ3) is 5.40. The molecule has 1 aromatic heterocycles. The molecule has 0 saturated heterocycles. The molecule has 94 valence electrons. The minimum Gasteiger partial charge on any atom is -0.458 e. The molecule has 1 aromatic rings. The van der Waals surface area contributed by atoms with Crippen LogP contribution in [-0.4, -0.2) is 34.8 Å². The van der Waals surface area contributed by atoms with Gasteiger partial charge in [0.2, 0.25) is 0 Å². The van der Waals surface area contributed by atoms with Crippen LogP contribution in [0.1, 0.15) is 37.0 Å². The molecule has 0 aliphatic rings. The van der Waals surface area contributed by atoms with E-state index < -0.39 is 5.97 Å². The molecule has 0 N–H and O–H groups in total. The summed E-state index contributed by atoms with van der Waals surface area (Å²) in [5.41, 5.74) is 0.750. The summed E-state index contributed by atoms with van der Waals surface area (Å²) in [6.45, 7) is 8.22. The van der Waals surface area contributed by atoms with E-state index in [-0.39, 0.29) is 17.9 Å². The van der Waals surface area contributed by atoms with Crippen molar-refractivity contribution in [2.45, 2.75) is 33.3 Å². The minimum atomic E-state index is -0.477. The van der Waals surface area contributed by atoms with Crippen molar-refractivity contribution in [3.63, 3.8) is 0 Å². The molecule has 1 rings (SSSR count). The van der Waals surface area contributed by atoms with Crippen LogP contribution >= 0.6 is 0 Å². The van der Waals surface area contributed by atoms with E-state index in [0.717, 1.165) is 5.69 Å². The van der Waals surface area contributed by atoms with E-state index in [1.165, 1.54) is 12.4 Å². The summed E-state index contributed by atoms with van der Waals surface area (Å²) in [5, 5.41) is 0. The number of aryl methyl sites for hydroxylation is 1. The average molecular weight is 238 g/mol. The third-order valence-electron chi connectivity index (χ3n) is 1.84. The maximum Gasteiger partial charge on any atom is 0.358 e. The molecule has 0 aliphatic carbocycles. The van der Waals surface area contributed by atoms with Crippen molar-refractivity contribution in [1.82, 2.24) is 9.97 Å². The smallest absolute Gasteiger partial charge is 0.358 e. The molecule has 5 heteroatoms. The van der Waals surface area contributed by atoms with Crippen LogP contribution in [0.2, 0.25) is 0 Å². The topological polar surface area (TPSA) is 61.3 Å². The third-order valence-corrected chi connectivity index (χ3v) is 1.84. The fourth-order valence-corrected chi connectivity index (χ4v) is 1.05. The molecule has 17 heavy (non-hydrogen) atoms. The Labute approximate surface area is 101 Å². The molecule has 0 bridgehead atoms. The highest BCUT2D eigenvalue weighted by atomic mass is 16.6. The molecule has 0 unspecified atom stereocenters. The Morgan fingerprint density at radius 1 is 1.24 bits per heavy atom. The molecule has 0 atom stereocenters. The van der Waals surface area contributed by atoms with Crippen LogP contribution in [0, 0.1) is 6.92 Å². The van der Waals surface area contributed by atoms with Crippen LogP contribution in [-0.2, 0) is 9.47 Å². The van der Waals surface area contributed by atoms with Gasteiger partial charge in [0.25, 0.3) is 0 Å². The van der Waals surface area contributed by atoms with E-state index in [0.29, 0.717) is 6.61 Å². The van der Waals surface area contributed by atoms with Crippen LogP contribution in [0.25, 0.3) is 0 Å². The van der Waals surface area contributed by atoms with Gasteiger partial charge < -0.3 is 9.47 Å². The van der Waals surface area contributed by atoms with Gasteiger partial charge in [-0.25, -0.2) is 9.78 Å². The molecule has 0 saturated carbocycles. The summed E-state index contributed by atoms with van der Waals surface area (Å²) in [5.74, 6) is -0.477. The summed E-state index contributed by atoms with van der Waals surface area (Å²) in [7, 11) is 0. The molecular weight excluding hydrogens is 220 g/mol. The van der Waals surface area contributed by atoms with Gasteiger partial charge in [-0.05, 0) is 27.7 Å². The Kier molecular flexibility index (Phi) is 4.57. The first kappa shape index (κ1) is 13.6. The lowest BCUT2D eigenvalue weighted by Crippen LogP contribution is -2.22. The van der Waals surface area contributed by atoms with Gasteiger partial charge in [-0.1, -0.05) is 0 Å². The van der Waals surface area contributed by atoms with Gasteiger partial charge in [0, 0.05) is 6.20 Å². The van der Waals surface area contributed by atoms with Crippen molar-refractivity contribution < 1.29 is 14.3 Å². The van der Waals surface area contributed by atoms with E-state index in [1.807, 2.05) is 20.8 Å². The molecule has 0 fully saturated rings. The zero-order valence-corrected chi connectivity index (χ0v) is 10.7. The molecule has 5 nitrogen and oxygen atoms in total. The maximum absolute atomic E-state index is 11.5. The summed E-state index contributed by atoms with van der Waals surface area (Å²) in [6, 6.07) is 0. The Morgan fingerprint density at radius 2 is 1.94 bits per heavy atom. The second kappa shape index (κ2) is 5.72.